The van der Waals surface area contributed by atoms with Crippen LogP contribution >= 0.6 is 15.9 Å². The van der Waals surface area contributed by atoms with Crippen LogP contribution in [0.15, 0.2) is 47.1 Å². The summed E-state index contributed by atoms with van der Waals surface area (Å²) in [6, 6.07) is 8.99. The van der Waals surface area contributed by atoms with E-state index in [1.165, 1.54) is 18.2 Å². The van der Waals surface area contributed by atoms with Gasteiger partial charge in [0.1, 0.15) is 11.6 Å². The Kier molecular flexibility index (Phi) is 2.63. The van der Waals surface area contributed by atoms with Gasteiger partial charge in [-0.1, -0.05) is 0 Å². The van der Waals surface area contributed by atoms with Crippen LogP contribution in [-0.2, 0) is 0 Å². The van der Waals surface area contributed by atoms with Crippen molar-refractivity contribution in [2.75, 3.05) is 0 Å². The van der Waals surface area contributed by atoms with Crippen LogP contribution in [0, 0.1) is 11.6 Å². The highest BCUT2D eigenvalue weighted by Crippen LogP contribution is 2.28. The van der Waals surface area contributed by atoms with Crippen molar-refractivity contribution >= 4 is 26.8 Å². The Morgan fingerprint density at radius 3 is 2.44 bits per heavy atom. The van der Waals surface area contributed by atoms with Gasteiger partial charge < -0.3 is 0 Å². The van der Waals surface area contributed by atoms with Gasteiger partial charge in [-0.2, -0.15) is 5.10 Å². The van der Waals surface area contributed by atoms with Crippen molar-refractivity contribution in [1.82, 2.24) is 9.78 Å². The topological polar surface area (TPSA) is 17.8 Å². The van der Waals surface area contributed by atoms with Gasteiger partial charge in [-0.05, 0) is 52.3 Å². The first-order chi connectivity index (χ1) is 8.66. The molecule has 0 bridgehead atoms. The predicted octanol–water partition coefficient (Wildman–Crippen LogP) is 4.07. The first kappa shape index (κ1) is 11.3. The minimum absolute atomic E-state index is 0.303. The molecule has 0 saturated carbocycles. The molecule has 0 radical (unpaired) electrons. The maximum atomic E-state index is 13.4. The Balaban J connectivity index is 2.25. The molecular formula is C13H7BrF2N2. The molecule has 0 spiro atoms. The van der Waals surface area contributed by atoms with Gasteiger partial charge in [0.05, 0.1) is 21.9 Å². The normalized spacial score (nSPS) is 11.1. The molecule has 1 heterocycles. The summed E-state index contributed by atoms with van der Waals surface area (Å²) in [5, 5.41) is 4.87. The molecule has 0 aliphatic rings. The lowest BCUT2D eigenvalue weighted by Gasteiger charge is -2.04. The fourth-order valence-corrected chi connectivity index (χ4v) is 2.27. The number of fused-ring (bicyclic) bond motifs is 1. The van der Waals surface area contributed by atoms with Gasteiger partial charge in [-0.3, -0.25) is 0 Å². The molecule has 2 nitrogen and oxygen atoms in total. The van der Waals surface area contributed by atoms with Crippen molar-refractivity contribution in [2.45, 2.75) is 0 Å². The third-order valence-corrected chi connectivity index (χ3v) is 3.52. The maximum Gasteiger partial charge on any atom is 0.138 e. The monoisotopic (exact) mass is 308 g/mol. The van der Waals surface area contributed by atoms with Gasteiger partial charge in [-0.25, -0.2) is 13.5 Å². The number of rotatable bonds is 1. The lowest BCUT2D eigenvalue weighted by Crippen LogP contribution is -1.95. The summed E-state index contributed by atoms with van der Waals surface area (Å²) in [7, 11) is 0. The third kappa shape index (κ3) is 1.71. The smallest absolute Gasteiger partial charge is 0.138 e. The molecule has 0 N–H and O–H groups in total. The molecule has 2 aromatic carbocycles. The SMILES string of the molecule is Fc1ccc(-n2ncc3c(Br)c(F)ccc32)cc1. The summed E-state index contributed by atoms with van der Waals surface area (Å²) in [5.74, 6) is -0.636. The molecule has 1 aromatic heterocycles. The van der Waals surface area contributed by atoms with Gasteiger partial charge in [0.2, 0.25) is 0 Å². The minimum Gasteiger partial charge on any atom is -0.233 e. The number of benzene rings is 2. The summed E-state index contributed by atoms with van der Waals surface area (Å²) in [6.07, 6.45) is 1.58. The molecule has 0 saturated heterocycles. The standard InChI is InChI=1S/C13H7BrF2N2/c14-13-10-7-17-18(12(10)6-5-11(13)16)9-3-1-8(15)2-4-9/h1-7H. The van der Waals surface area contributed by atoms with E-state index in [0.29, 0.717) is 9.86 Å². The Hall–Kier alpha value is -1.75. The van der Waals surface area contributed by atoms with Crippen molar-refractivity contribution in [1.29, 1.82) is 0 Å². The molecule has 3 aromatic rings. The first-order valence-corrected chi connectivity index (χ1v) is 6.04. The largest absolute Gasteiger partial charge is 0.233 e. The van der Waals surface area contributed by atoms with E-state index in [1.54, 1.807) is 29.1 Å². The van der Waals surface area contributed by atoms with E-state index in [-0.39, 0.29) is 11.6 Å². The van der Waals surface area contributed by atoms with Crippen LogP contribution < -0.4 is 0 Å². The van der Waals surface area contributed by atoms with Crippen molar-refractivity contribution < 1.29 is 8.78 Å². The second-order valence-corrected chi connectivity index (χ2v) is 4.62. The molecule has 0 fully saturated rings. The number of halogens is 3. The average Bonchev–Trinajstić information content (AvgIpc) is 2.79. The highest BCUT2D eigenvalue weighted by atomic mass is 79.9. The Labute approximate surface area is 110 Å². The van der Waals surface area contributed by atoms with Gasteiger partial charge in [0.15, 0.2) is 0 Å². The molecular weight excluding hydrogens is 302 g/mol. The van der Waals surface area contributed by atoms with Crippen LogP contribution in [0.2, 0.25) is 0 Å². The van der Waals surface area contributed by atoms with E-state index >= 15 is 0 Å². The summed E-state index contributed by atoms with van der Waals surface area (Å²) in [4.78, 5) is 0. The maximum absolute atomic E-state index is 13.4. The highest BCUT2D eigenvalue weighted by molar-refractivity contribution is 9.10. The van der Waals surface area contributed by atoms with Crippen molar-refractivity contribution in [2.24, 2.45) is 0 Å². The molecule has 90 valence electrons. The number of aromatic nitrogens is 2. The van der Waals surface area contributed by atoms with E-state index < -0.39 is 0 Å². The molecule has 0 amide bonds. The Morgan fingerprint density at radius 1 is 1.00 bits per heavy atom. The summed E-state index contributed by atoms with van der Waals surface area (Å²) in [6.45, 7) is 0. The zero-order valence-corrected chi connectivity index (χ0v) is 10.7. The van der Waals surface area contributed by atoms with E-state index in [1.807, 2.05) is 0 Å². The van der Waals surface area contributed by atoms with Crippen molar-refractivity contribution in [3.63, 3.8) is 0 Å². The Bertz CT molecular complexity index is 720. The van der Waals surface area contributed by atoms with E-state index in [4.69, 9.17) is 0 Å². The van der Waals surface area contributed by atoms with Crippen LogP contribution in [0.5, 0.6) is 0 Å². The average molecular weight is 309 g/mol. The molecule has 3 rings (SSSR count). The van der Waals surface area contributed by atoms with Gasteiger partial charge in [0.25, 0.3) is 0 Å². The van der Waals surface area contributed by atoms with Crippen molar-refractivity contribution in [3.8, 4) is 5.69 Å². The second-order valence-electron chi connectivity index (χ2n) is 3.83. The highest BCUT2D eigenvalue weighted by Gasteiger charge is 2.10. The van der Waals surface area contributed by atoms with Crippen LogP contribution in [0.4, 0.5) is 8.78 Å². The quantitative estimate of drug-likeness (QED) is 0.662. The van der Waals surface area contributed by atoms with Gasteiger partial charge in [0, 0.05) is 5.39 Å². The predicted molar refractivity (Wildman–Crippen MR) is 68.7 cm³/mol. The minimum atomic E-state index is -0.332. The van der Waals surface area contributed by atoms with Crippen LogP contribution in [0.25, 0.3) is 16.6 Å². The van der Waals surface area contributed by atoms with E-state index in [0.717, 1.165) is 11.2 Å². The fraction of sp³-hybridized carbons (Fsp3) is 0. The van der Waals surface area contributed by atoms with Gasteiger partial charge >= 0.3 is 0 Å². The van der Waals surface area contributed by atoms with Crippen molar-refractivity contribution in [3.05, 3.63) is 58.7 Å². The summed E-state index contributed by atoms with van der Waals surface area (Å²) < 4.78 is 28.3. The zero-order chi connectivity index (χ0) is 12.7. The first-order valence-electron chi connectivity index (χ1n) is 5.24. The third-order valence-electron chi connectivity index (χ3n) is 2.71. The lowest BCUT2D eigenvalue weighted by molar-refractivity contribution is 0.623. The van der Waals surface area contributed by atoms with E-state index in [9.17, 15) is 8.78 Å². The second kappa shape index (κ2) is 4.17. The lowest BCUT2D eigenvalue weighted by atomic mass is 10.2. The number of hydrogen-bond donors (Lipinski definition) is 0. The number of hydrogen-bond acceptors (Lipinski definition) is 1. The molecule has 0 aliphatic carbocycles. The van der Waals surface area contributed by atoms with Gasteiger partial charge in [-0.15, -0.1) is 0 Å². The zero-order valence-electron chi connectivity index (χ0n) is 9.07. The Morgan fingerprint density at radius 2 is 1.72 bits per heavy atom. The van der Waals surface area contributed by atoms with Crippen LogP contribution in [-0.4, -0.2) is 9.78 Å². The molecule has 0 aliphatic heterocycles. The molecule has 5 heteroatoms. The molecule has 18 heavy (non-hydrogen) atoms. The van der Waals surface area contributed by atoms with E-state index in [2.05, 4.69) is 21.0 Å². The number of nitrogens with zero attached hydrogens (tertiary/aromatic N) is 2. The molecule has 0 unspecified atom stereocenters. The fourth-order valence-electron chi connectivity index (χ4n) is 1.83. The van der Waals surface area contributed by atoms with Crippen LogP contribution in [0.3, 0.4) is 0 Å². The summed E-state index contributed by atoms with van der Waals surface area (Å²) >= 11 is 3.19. The molecule has 0 atom stereocenters. The summed E-state index contributed by atoms with van der Waals surface area (Å²) in [5.41, 5.74) is 1.49. The van der Waals surface area contributed by atoms with Crippen LogP contribution in [0.1, 0.15) is 0 Å².